The van der Waals surface area contributed by atoms with Gasteiger partial charge < -0.3 is 14.4 Å². The molecule has 6 nitrogen and oxygen atoms in total. The van der Waals surface area contributed by atoms with Crippen molar-refractivity contribution < 1.29 is 9.47 Å². The zero-order chi connectivity index (χ0) is 18.2. The van der Waals surface area contributed by atoms with Crippen LogP contribution < -0.4 is 14.4 Å². The monoisotopic (exact) mass is 402 g/mol. The van der Waals surface area contributed by atoms with Gasteiger partial charge in [0.1, 0.15) is 30.2 Å². The lowest BCUT2D eigenvalue weighted by Crippen LogP contribution is -2.46. The van der Waals surface area contributed by atoms with Gasteiger partial charge >= 0.3 is 0 Å². The Hall–Kier alpha value is -2.09. The highest BCUT2D eigenvalue weighted by atomic mass is 35.5. The second-order valence-electron chi connectivity index (χ2n) is 6.70. The highest BCUT2D eigenvalue weighted by Gasteiger charge is 2.22. The van der Waals surface area contributed by atoms with E-state index >= 15 is 0 Å². The minimum absolute atomic E-state index is 0.550. The molecule has 0 bridgehead atoms. The van der Waals surface area contributed by atoms with Crippen LogP contribution in [0.4, 0.5) is 5.82 Å². The lowest BCUT2D eigenvalue weighted by molar-refractivity contribution is 0.171. The average molecular weight is 403 g/mol. The number of aromatic nitrogens is 2. The van der Waals surface area contributed by atoms with Crippen LogP contribution in [0.5, 0.6) is 11.5 Å². The number of hydrogen-bond donors (Lipinski definition) is 0. The molecule has 1 aromatic carbocycles. The third kappa shape index (κ3) is 3.31. The summed E-state index contributed by atoms with van der Waals surface area (Å²) in [5.74, 6) is 2.46. The molecule has 27 heavy (non-hydrogen) atoms. The molecule has 0 amide bonds. The molecule has 2 aliphatic rings. The lowest BCUT2D eigenvalue weighted by Gasteiger charge is -2.35. The van der Waals surface area contributed by atoms with Gasteiger partial charge in [-0.15, -0.1) is 11.3 Å². The van der Waals surface area contributed by atoms with Crippen molar-refractivity contribution in [2.75, 3.05) is 44.3 Å². The number of hydrogen-bond acceptors (Lipinski definition) is 7. The van der Waals surface area contributed by atoms with E-state index in [1.54, 1.807) is 17.7 Å². The fourth-order valence-corrected chi connectivity index (χ4v) is 4.68. The van der Waals surface area contributed by atoms with Crippen LogP contribution in [-0.2, 0) is 6.54 Å². The fourth-order valence-electron chi connectivity index (χ4n) is 3.66. The molecule has 0 spiro atoms. The van der Waals surface area contributed by atoms with Crippen molar-refractivity contribution in [3.05, 3.63) is 40.5 Å². The third-order valence-corrected chi connectivity index (χ3v) is 6.08. The predicted octanol–water partition coefficient (Wildman–Crippen LogP) is 3.44. The SMILES string of the molecule is Clc1cc(CN2CCN(c3ncnc4sccc34)CC2)cc2c1OCCO2. The van der Waals surface area contributed by atoms with E-state index in [0.29, 0.717) is 24.0 Å². The minimum Gasteiger partial charge on any atom is -0.486 e. The Morgan fingerprint density at radius 1 is 1.07 bits per heavy atom. The van der Waals surface area contributed by atoms with Gasteiger partial charge in [-0.3, -0.25) is 4.90 Å². The van der Waals surface area contributed by atoms with Crippen LogP contribution in [0.15, 0.2) is 29.9 Å². The van der Waals surface area contributed by atoms with E-state index in [9.17, 15) is 0 Å². The normalized spacial score (nSPS) is 17.4. The van der Waals surface area contributed by atoms with Crippen LogP contribution in [0.1, 0.15) is 5.56 Å². The molecular formula is C19H19ClN4O2S. The van der Waals surface area contributed by atoms with E-state index in [1.807, 2.05) is 12.1 Å². The van der Waals surface area contributed by atoms with Crippen LogP contribution in [0.2, 0.25) is 5.02 Å². The standard InChI is InChI=1S/C19H19ClN4O2S/c20-15-9-13(10-16-17(15)26-7-6-25-16)11-23-2-4-24(5-3-23)18-14-1-8-27-19(14)22-12-21-18/h1,8-10,12H,2-7,11H2. The summed E-state index contributed by atoms with van der Waals surface area (Å²) in [4.78, 5) is 14.7. The molecule has 0 unspecified atom stereocenters. The largest absolute Gasteiger partial charge is 0.486 e. The Morgan fingerprint density at radius 3 is 2.81 bits per heavy atom. The van der Waals surface area contributed by atoms with Crippen molar-refractivity contribution in [1.29, 1.82) is 0 Å². The molecular weight excluding hydrogens is 384 g/mol. The topological polar surface area (TPSA) is 50.7 Å². The van der Waals surface area contributed by atoms with Gasteiger partial charge in [-0.25, -0.2) is 9.97 Å². The van der Waals surface area contributed by atoms with E-state index in [0.717, 1.165) is 60.1 Å². The van der Waals surface area contributed by atoms with Crippen LogP contribution in [-0.4, -0.2) is 54.3 Å². The molecule has 8 heteroatoms. The van der Waals surface area contributed by atoms with Gasteiger partial charge in [0.05, 0.1) is 10.4 Å². The molecule has 140 valence electrons. The van der Waals surface area contributed by atoms with Crippen molar-refractivity contribution in [2.24, 2.45) is 0 Å². The molecule has 0 N–H and O–H groups in total. The van der Waals surface area contributed by atoms with E-state index < -0.39 is 0 Å². The Kier molecular flexibility index (Phi) is 4.51. The van der Waals surface area contributed by atoms with Gasteiger partial charge in [-0.2, -0.15) is 0 Å². The molecule has 1 fully saturated rings. The first-order valence-corrected chi connectivity index (χ1v) is 10.3. The van der Waals surface area contributed by atoms with Crippen LogP contribution in [0, 0.1) is 0 Å². The highest BCUT2D eigenvalue weighted by Crippen LogP contribution is 2.38. The summed E-state index contributed by atoms with van der Waals surface area (Å²) in [7, 11) is 0. The zero-order valence-corrected chi connectivity index (χ0v) is 16.3. The summed E-state index contributed by atoms with van der Waals surface area (Å²) in [6.07, 6.45) is 1.66. The molecule has 3 aromatic rings. The van der Waals surface area contributed by atoms with E-state index in [4.69, 9.17) is 21.1 Å². The number of rotatable bonds is 3. The number of fused-ring (bicyclic) bond motifs is 2. The maximum Gasteiger partial charge on any atom is 0.179 e. The second-order valence-corrected chi connectivity index (χ2v) is 8.00. The summed E-state index contributed by atoms with van der Waals surface area (Å²) >= 11 is 8.03. The van der Waals surface area contributed by atoms with E-state index in [-0.39, 0.29) is 0 Å². The molecule has 5 rings (SSSR count). The Balaban J connectivity index is 1.27. The molecule has 1 saturated heterocycles. The third-order valence-electron chi connectivity index (χ3n) is 4.98. The number of nitrogens with zero attached hydrogens (tertiary/aromatic N) is 4. The van der Waals surface area contributed by atoms with Gasteiger partial charge in [0, 0.05) is 32.7 Å². The van der Waals surface area contributed by atoms with Gasteiger partial charge in [0.2, 0.25) is 0 Å². The average Bonchev–Trinajstić information content (AvgIpc) is 3.18. The summed E-state index contributed by atoms with van der Waals surface area (Å²) in [6, 6.07) is 6.14. The number of thiophene rings is 1. The van der Waals surface area contributed by atoms with Crippen LogP contribution in [0.25, 0.3) is 10.2 Å². The van der Waals surface area contributed by atoms with Crippen molar-refractivity contribution in [3.8, 4) is 11.5 Å². The quantitative estimate of drug-likeness (QED) is 0.669. The van der Waals surface area contributed by atoms with Crippen molar-refractivity contribution in [2.45, 2.75) is 6.54 Å². The molecule has 0 radical (unpaired) electrons. The summed E-state index contributed by atoms with van der Waals surface area (Å²) < 4.78 is 11.3. The molecule has 2 aromatic heterocycles. The highest BCUT2D eigenvalue weighted by molar-refractivity contribution is 7.16. The molecule has 4 heterocycles. The molecule has 0 atom stereocenters. The Labute approximate surface area is 166 Å². The van der Waals surface area contributed by atoms with Gasteiger partial charge in [-0.05, 0) is 29.1 Å². The number of ether oxygens (including phenoxy) is 2. The fraction of sp³-hybridized carbons (Fsp3) is 0.368. The molecule has 2 aliphatic heterocycles. The summed E-state index contributed by atoms with van der Waals surface area (Å²) in [5, 5.41) is 3.85. The Bertz CT molecular complexity index is 971. The van der Waals surface area contributed by atoms with Crippen molar-refractivity contribution in [3.63, 3.8) is 0 Å². The smallest absolute Gasteiger partial charge is 0.179 e. The van der Waals surface area contributed by atoms with Crippen LogP contribution in [0.3, 0.4) is 0 Å². The van der Waals surface area contributed by atoms with Crippen LogP contribution >= 0.6 is 22.9 Å². The zero-order valence-electron chi connectivity index (χ0n) is 14.7. The molecule has 0 aliphatic carbocycles. The van der Waals surface area contributed by atoms with Gasteiger partial charge in [0.15, 0.2) is 11.5 Å². The number of anilines is 1. The van der Waals surface area contributed by atoms with Gasteiger partial charge in [-0.1, -0.05) is 11.6 Å². The summed E-state index contributed by atoms with van der Waals surface area (Å²) in [5.41, 5.74) is 1.15. The second kappa shape index (κ2) is 7.14. The maximum atomic E-state index is 6.37. The molecule has 0 saturated carbocycles. The van der Waals surface area contributed by atoms with Crippen molar-refractivity contribution >= 4 is 39.0 Å². The first-order chi connectivity index (χ1) is 13.3. The van der Waals surface area contributed by atoms with E-state index in [2.05, 4.69) is 31.2 Å². The minimum atomic E-state index is 0.550. The number of benzene rings is 1. The van der Waals surface area contributed by atoms with Crippen molar-refractivity contribution in [1.82, 2.24) is 14.9 Å². The first kappa shape index (κ1) is 17.0. The Morgan fingerprint density at radius 2 is 1.93 bits per heavy atom. The first-order valence-electron chi connectivity index (χ1n) is 9.01. The number of piperazine rings is 1. The maximum absolute atomic E-state index is 6.37. The van der Waals surface area contributed by atoms with Gasteiger partial charge in [0.25, 0.3) is 0 Å². The lowest BCUT2D eigenvalue weighted by atomic mass is 10.1. The predicted molar refractivity (Wildman–Crippen MR) is 107 cm³/mol. The summed E-state index contributed by atoms with van der Waals surface area (Å²) in [6.45, 7) is 5.81. The number of halogens is 1. The van der Waals surface area contributed by atoms with E-state index in [1.165, 1.54) is 0 Å².